The molecule has 1 aromatic carbocycles. The first-order chi connectivity index (χ1) is 7.19. The van der Waals surface area contributed by atoms with Gasteiger partial charge in [0.05, 0.1) is 0 Å². The highest BCUT2D eigenvalue weighted by molar-refractivity contribution is 5.47. The Morgan fingerprint density at radius 1 is 0.800 bits per heavy atom. The van der Waals surface area contributed by atoms with Crippen LogP contribution in [0.2, 0.25) is 0 Å². The molecule has 1 aromatic rings. The van der Waals surface area contributed by atoms with Crippen LogP contribution in [0.4, 0.5) is 0 Å². The Bertz CT molecular complexity index is 334. The van der Waals surface area contributed by atoms with Gasteiger partial charge in [-0.15, -0.1) is 0 Å². The molecule has 0 unspecified atom stereocenters. The molecular formula is C15H23. The van der Waals surface area contributed by atoms with Gasteiger partial charge in [0, 0.05) is 0 Å². The highest BCUT2D eigenvalue weighted by atomic mass is 14.2. The van der Waals surface area contributed by atoms with E-state index in [0.717, 1.165) is 25.7 Å². The minimum Gasteiger partial charge on any atom is -0.0613 e. The molecule has 83 valence electrons. The van der Waals surface area contributed by atoms with E-state index in [1.165, 1.54) is 16.7 Å². The van der Waals surface area contributed by atoms with Crippen LogP contribution < -0.4 is 0 Å². The minimum atomic E-state index is 1.11. The largest absolute Gasteiger partial charge is 0.0613 e. The number of aryl methyl sites for hydroxylation is 1. The Morgan fingerprint density at radius 3 is 1.73 bits per heavy atom. The van der Waals surface area contributed by atoms with Crippen molar-refractivity contribution in [3.05, 3.63) is 40.8 Å². The fraction of sp³-hybridized carbons (Fsp3) is 0.533. The van der Waals surface area contributed by atoms with Crippen molar-refractivity contribution in [2.45, 2.75) is 53.4 Å². The third-order valence-electron chi connectivity index (χ3n) is 3.29. The fourth-order valence-electron chi connectivity index (χ4n) is 2.58. The smallest absolute Gasteiger partial charge is 0.0235 e. The molecule has 0 nitrogen and oxygen atoms in total. The predicted octanol–water partition coefficient (Wildman–Crippen LogP) is 4.12. The molecule has 0 saturated carbocycles. The predicted molar refractivity (Wildman–Crippen MR) is 68.4 cm³/mol. The molecule has 0 saturated heterocycles. The van der Waals surface area contributed by atoms with Crippen molar-refractivity contribution >= 4 is 0 Å². The summed E-state index contributed by atoms with van der Waals surface area (Å²) in [7, 11) is 0. The third kappa shape index (κ3) is 2.25. The Hall–Kier alpha value is -0.780. The van der Waals surface area contributed by atoms with Gasteiger partial charge in [-0.1, -0.05) is 33.8 Å². The lowest BCUT2D eigenvalue weighted by atomic mass is 9.87. The van der Waals surface area contributed by atoms with E-state index in [0.29, 0.717) is 0 Å². The van der Waals surface area contributed by atoms with Crippen LogP contribution in [0.3, 0.4) is 0 Å². The van der Waals surface area contributed by atoms with Gasteiger partial charge in [0.15, 0.2) is 0 Å². The molecule has 0 aliphatic rings. The first kappa shape index (κ1) is 12.3. The van der Waals surface area contributed by atoms with Crippen LogP contribution in [-0.4, -0.2) is 0 Å². The van der Waals surface area contributed by atoms with Gasteiger partial charge in [-0.3, -0.25) is 0 Å². The summed E-state index contributed by atoms with van der Waals surface area (Å²) in [5.74, 6) is 0. The lowest BCUT2D eigenvalue weighted by Gasteiger charge is -2.18. The number of hydrogen-bond donors (Lipinski definition) is 0. The molecule has 0 aliphatic carbocycles. The van der Waals surface area contributed by atoms with Crippen molar-refractivity contribution in [3.8, 4) is 0 Å². The standard InChI is InChI=1S/C15H23/c1-6-12-10-11(5)13(7-2)15(9-4)14(12)8-3/h10H,5-9H2,1-4H3. The number of hydrogen-bond acceptors (Lipinski definition) is 0. The molecule has 0 aliphatic heterocycles. The second-order valence-corrected chi connectivity index (χ2v) is 4.04. The van der Waals surface area contributed by atoms with Crippen molar-refractivity contribution in [3.63, 3.8) is 0 Å². The van der Waals surface area contributed by atoms with Crippen LogP contribution >= 0.6 is 0 Å². The van der Waals surface area contributed by atoms with Crippen molar-refractivity contribution in [2.75, 3.05) is 0 Å². The lowest BCUT2D eigenvalue weighted by molar-refractivity contribution is 0.939. The zero-order chi connectivity index (χ0) is 11.4. The third-order valence-corrected chi connectivity index (χ3v) is 3.29. The van der Waals surface area contributed by atoms with E-state index in [9.17, 15) is 0 Å². The maximum absolute atomic E-state index is 4.18. The van der Waals surface area contributed by atoms with Gasteiger partial charge in [0.25, 0.3) is 0 Å². The van der Waals surface area contributed by atoms with E-state index in [4.69, 9.17) is 0 Å². The highest BCUT2D eigenvalue weighted by Gasteiger charge is 2.11. The SMILES string of the molecule is [CH2]c1cc(CC)c(CC)c(CC)c1CC. The van der Waals surface area contributed by atoms with Crippen LogP contribution in [0, 0.1) is 6.92 Å². The van der Waals surface area contributed by atoms with Gasteiger partial charge in [0.1, 0.15) is 0 Å². The number of benzene rings is 1. The molecular weight excluding hydrogens is 180 g/mol. The Morgan fingerprint density at radius 2 is 1.33 bits per heavy atom. The maximum atomic E-state index is 4.18. The summed E-state index contributed by atoms with van der Waals surface area (Å²) in [6.45, 7) is 13.2. The molecule has 0 spiro atoms. The summed E-state index contributed by atoms with van der Waals surface area (Å²) < 4.78 is 0. The second-order valence-electron chi connectivity index (χ2n) is 4.04. The van der Waals surface area contributed by atoms with Crippen molar-refractivity contribution in [1.29, 1.82) is 0 Å². The molecule has 0 bridgehead atoms. The van der Waals surface area contributed by atoms with Gasteiger partial charge in [0.2, 0.25) is 0 Å². The summed E-state index contributed by atoms with van der Waals surface area (Å²) >= 11 is 0. The van der Waals surface area contributed by atoms with E-state index in [1.54, 1.807) is 11.1 Å². The van der Waals surface area contributed by atoms with Crippen molar-refractivity contribution in [2.24, 2.45) is 0 Å². The Kier molecular flexibility index (Phi) is 4.38. The summed E-state index contributed by atoms with van der Waals surface area (Å²) in [6.07, 6.45) is 4.53. The molecule has 0 fully saturated rings. The molecule has 0 heterocycles. The van der Waals surface area contributed by atoms with Gasteiger partial charge in [-0.25, -0.2) is 0 Å². The van der Waals surface area contributed by atoms with Crippen LogP contribution in [0.15, 0.2) is 6.07 Å². The molecule has 0 atom stereocenters. The lowest BCUT2D eigenvalue weighted by Crippen LogP contribution is -2.04. The zero-order valence-corrected chi connectivity index (χ0v) is 10.6. The van der Waals surface area contributed by atoms with E-state index in [-0.39, 0.29) is 0 Å². The van der Waals surface area contributed by atoms with Gasteiger partial charge >= 0.3 is 0 Å². The maximum Gasteiger partial charge on any atom is -0.0235 e. The average Bonchev–Trinajstić information content (AvgIpc) is 2.27. The summed E-state index contributed by atoms with van der Waals surface area (Å²) in [5.41, 5.74) is 7.35. The molecule has 0 amide bonds. The number of rotatable bonds is 4. The van der Waals surface area contributed by atoms with E-state index >= 15 is 0 Å². The van der Waals surface area contributed by atoms with Crippen LogP contribution in [-0.2, 0) is 25.7 Å². The molecule has 1 rings (SSSR count). The summed E-state index contributed by atoms with van der Waals surface area (Å²) in [6, 6.07) is 2.29. The van der Waals surface area contributed by atoms with Gasteiger partial charge in [-0.05, 0) is 60.4 Å². The quantitative estimate of drug-likeness (QED) is 0.690. The highest BCUT2D eigenvalue weighted by Crippen LogP contribution is 2.25. The molecule has 1 radical (unpaired) electrons. The Labute approximate surface area is 94.7 Å². The summed E-state index contributed by atoms with van der Waals surface area (Å²) in [5, 5.41) is 0. The minimum absolute atomic E-state index is 1.11. The molecule has 0 aromatic heterocycles. The van der Waals surface area contributed by atoms with Crippen LogP contribution in [0.25, 0.3) is 0 Å². The first-order valence-electron chi connectivity index (χ1n) is 6.17. The van der Waals surface area contributed by atoms with E-state index in [1.807, 2.05) is 0 Å². The Balaban J connectivity index is 3.44. The van der Waals surface area contributed by atoms with E-state index in [2.05, 4.69) is 40.7 Å². The van der Waals surface area contributed by atoms with Crippen LogP contribution in [0.5, 0.6) is 0 Å². The van der Waals surface area contributed by atoms with Gasteiger partial charge < -0.3 is 0 Å². The normalized spacial score (nSPS) is 10.7. The fourth-order valence-corrected chi connectivity index (χ4v) is 2.58. The summed E-state index contributed by atoms with van der Waals surface area (Å²) in [4.78, 5) is 0. The monoisotopic (exact) mass is 203 g/mol. The van der Waals surface area contributed by atoms with Crippen molar-refractivity contribution < 1.29 is 0 Å². The van der Waals surface area contributed by atoms with Crippen LogP contribution in [0.1, 0.15) is 55.5 Å². The van der Waals surface area contributed by atoms with Crippen molar-refractivity contribution in [1.82, 2.24) is 0 Å². The average molecular weight is 203 g/mol. The van der Waals surface area contributed by atoms with E-state index < -0.39 is 0 Å². The van der Waals surface area contributed by atoms with Gasteiger partial charge in [-0.2, -0.15) is 0 Å². The second kappa shape index (κ2) is 5.34. The topological polar surface area (TPSA) is 0 Å². The zero-order valence-electron chi connectivity index (χ0n) is 10.6. The first-order valence-corrected chi connectivity index (χ1v) is 6.17. The molecule has 0 N–H and O–H groups in total. The molecule has 0 heteroatoms. The molecule has 15 heavy (non-hydrogen) atoms.